The summed E-state index contributed by atoms with van der Waals surface area (Å²) >= 11 is 1.44. The molecule has 8 heteroatoms. The second kappa shape index (κ2) is 6.19. The molecule has 5 rings (SSSR count). The number of amides is 2. The van der Waals surface area contributed by atoms with Crippen molar-refractivity contribution in [3.8, 4) is 0 Å². The number of aromatic amines is 1. The summed E-state index contributed by atoms with van der Waals surface area (Å²) in [5, 5.41) is 10.2. The molecule has 136 valence electrons. The van der Waals surface area contributed by atoms with Crippen LogP contribution >= 0.6 is 11.3 Å². The van der Waals surface area contributed by atoms with E-state index in [0.717, 1.165) is 12.8 Å². The van der Waals surface area contributed by atoms with Gasteiger partial charge >= 0.3 is 0 Å². The van der Waals surface area contributed by atoms with Crippen LogP contribution in [0, 0.1) is 5.92 Å². The van der Waals surface area contributed by atoms with Crippen molar-refractivity contribution in [1.82, 2.24) is 20.1 Å². The Labute approximate surface area is 155 Å². The minimum atomic E-state index is -0.260. The minimum Gasteiger partial charge on any atom is -0.342 e. The number of rotatable bonds is 3. The third-order valence-electron chi connectivity index (χ3n) is 5.65. The SMILES string of the molecule is O=C(C1CC(=O)N(c2nccs2)C1)N1CCc2[nH]nc(C3CC3)c2CC1. The lowest BCUT2D eigenvalue weighted by molar-refractivity contribution is -0.135. The molecular weight excluding hydrogens is 350 g/mol. The van der Waals surface area contributed by atoms with Gasteiger partial charge in [-0.15, -0.1) is 11.3 Å². The van der Waals surface area contributed by atoms with Crippen LogP contribution in [0.25, 0.3) is 0 Å². The van der Waals surface area contributed by atoms with Crippen LogP contribution in [0.3, 0.4) is 0 Å². The summed E-state index contributed by atoms with van der Waals surface area (Å²) in [6, 6.07) is 0. The molecule has 3 aliphatic rings. The van der Waals surface area contributed by atoms with Gasteiger partial charge in [-0.25, -0.2) is 4.98 Å². The highest BCUT2D eigenvalue weighted by molar-refractivity contribution is 7.13. The number of hydrogen-bond acceptors (Lipinski definition) is 5. The summed E-state index contributed by atoms with van der Waals surface area (Å²) < 4.78 is 0. The van der Waals surface area contributed by atoms with Gasteiger partial charge in [0.1, 0.15) is 0 Å². The second-order valence-electron chi connectivity index (χ2n) is 7.39. The molecule has 1 unspecified atom stereocenters. The van der Waals surface area contributed by atoms with E-state index in [-0.39, 0.29) is 24.2 Å². The van der Waals surface area contributed by atoms with E-state index in [2.05, 4.69) is 15.2 Å². The largest absolute Gasteiger partial charge is 0.342 e. The number of H-pyrrole nitrogens is 1. The molecule has 4 heterocycles. The molecule has 2 amide bonds. The van der Waals surface area contributed by atoms with Gasteiger partial charge in [0.2, 0.25) is 11.8 Å². The molecule has 1 atom stereocenters. The van der Waals surface area contributed by atoms with Crippen molar-refractivity contribution >= 4 is 28.3 Å². The standard InChI is InChI=1S/C18H21N5O2S/c24-15-9-12(10-23(15)18-19-5-8-26-18)17(25)22-6-3-13-14(4-7-22)20-21-16(13)11-1-2-11/h5,8,11-12H,1-4,6-7,9-10H2,(H,20,21). The van der Waals surface area contributed by atoms with Crippen molar-refractivity contribution in [2.75, 3.05) is 24.5 Å². The Morgan fingerprint density at radius 3 is 2.88 bits per heavy atom. The first-order valence-electron chi connectivity index (χ1n) is 9.25. The zero-order valence-electron chi connectivity index (χ0n) is 14.5. The lowest BCUT2D eigenvalue weighted by atomic mass is 10.1. The van der Waals surface area contributed by atoms with Crippen molar-refractivity contribution in [1.29, 1.82) is 0 Å². The summed E-state index contributed by atoms with van der Waals surface area (Å²) in [6.07, 6.45) is 6.12. The first kappa shape index (κ1) is 16.0. The van der Waals surface area contributed by atoms with Gasteiger partial charge in [-0.1, -0.05) is 0 Å². The smallest absolute Gasteiger partial charge is 0.229 e. The zero-order chi connectivity index (χ0) is 17.7. The first-order valence-corrected chi connectivity index (χ1v) is 10.1. The summed E-state index contributed by atoms with van der Waals surface area (Å²) in [4.78, 5) is 33.1. The quantitative estimate of drug-likeness (QED) is 0.891. The predicted octanol–water partition coefficient (Wildman–Crippen LogP) is 1.72. The average Bonchev–Trinajstić information content (AvgIpc) is 3.07. The second-order valence-corrected chi connectivity index (χ2v) is 8.26. The normalized spacial score (nSPS) is 23.2. The highest BCUT2D eigenvalue weighted by atomic mass is 32.1. The van der Waals surface area contributed by atoms with Crippen molar-refractivity contribution in [3.05, 3.63) is 28.5 Å². The van der Waals surface area contributed by atoms with Gasteiger partial charge < -0.3 is 4.90 Å². The zero-order valence-corrected chi connectivity index (χ0v) is 15.3. The van der Waals surface area contributed by atoms with Crippen LogP contribution in [0.1, 0.15) is 42.1 Å². The molecule has 1 aliphatic carbocycles. The molecule has 2 aromatic rings. The van der Waals surface area contributed by atoms with E-state index in [1.165, 1.54) is 41.1 Å². The van der Waals surface area contributed by atoms with Crippen LogP contribution in [0.5, 0.6) is 0 Å². The lowest BCUT2D eigenvalue weighted by Gasteiger charge is -2.23. The van der Waals surface area contributed by atoms with Crippen LogP contribution in [0.4, 0.5) is 5.13 Å². The fourth-order valence-corrected chi connectivity index (χ4v) is 4.76. The Hall–Kier alpha value is -2.22. The molecule has 2 aliphatic heterocycles. The number of carbonyl (C=O) groups is 2. The fraction of sp³-hybridized carbons (Fsp3) is 0.556. The van der Waals surface area contributed by atoms with E-state index in [1.807, 2.05) is 10.3 Å². The molecular formula is C18H21N5O2S. The number of anilines is 1. The molecule has 2 aromatic heterocycles. The number of fused-ring (bicyclic) bond motifs is 1. The summed E-state index contributed by atoms with van der Waals surface area (Å²) in [7, 11) is 0. The van der Waals surface area contributed by atoms with E-state index in [9.17, 15) is 9.59 Å². The Balaban J connectivity index is 1.27. The van der Waals surface area contributed by atoms with Gasteiger partial charge in [0.15, 0.2) is 5.13 Å². The maximum atomic E-state index is 13.0. The molecule has 1 N–H and O–H groups in total. The third kappa shape index (κ3) is 2.72. The molecule has 26 heavy (non-hydrogen) atoms. The van der Waals surface area contributed by atoms with Crippen LogP contribution < -0.4 is 4.90 Å². The fourth-order valence-electron chi connectivity index (χ4n) is 4.09. The lowest BCUT2D eigenvalue weighted by Crippen LogP contribution is -2.39. The number of aromatic nitrogens is 3. The van der Waals surface area contributed by atoms with E-state index >= 15 is 0 Å². The number of thiazole rings is 1. The van der Waals surface area contributed by atoms with Crippen molar-refractivity contribution in [2.24, 2.45) is 5.92 Å². The topological polar surface area (TPSA) is 82.2 Å². The van der Waals surface area contributed by atoms with Crippen LogP contribution in [-0.2, 0) is 22.4 Å². The van der Waals surface area contributed by atoms with E-state index in [4.69, 9.17) is 0 Å². The van der Waals surface area contributed by atoms with Crippen molar-refractivity contribution in [3.63, 3.8) is 0 Å². The van der Waals surface area contributed by atoms with Crippen LogP contribution in [0.15, 0.2) is 11.6 Å². The van der Waals surface area contributed by atoms with Gasteiger partial charge in [-0.05, 0) is 24.8 Å². The minimum absolute atomic E-state index is 0.00133. The molecule has 0 bridgehead atoms. The van der Waals surface area contributed by atoms with Crippen LogP contribution in [-0.4, -0.2) is 51.5 Å². The molecule has 7 nitrogen and oxygen atoms in total. The molecule has 0 aromatic carbocycles. The monoisotopic (exact) mass is 371 g/mol. The number of hydrogen-bond donors (Lipinski definition) is 1. The molecule has 2 fully saturated rings. The third-order valence-corrected chi connectivity index (χ3v) is 6.44. The molecule has 0 radical (unpaired) electrons. The number of nitrogens with one attached hydrogen (secondary N) is 1. The average molecular weight is 371 g/mol. The summed E-state index contributed by atoms with van der Waals surface area (Å²) in [6.45, 7) is 1.86. The maximum Gasteiger partial charge on any atom is 0.229 e. The Kier molecular flexibility index (Phi) is 3.81. The Bertz CT molecular complexity index is 842. The van der Waals surface area contributed by atoms with E-state index in [1.54, 1.807) is 11.1 Å². The Morgan fingerprint density at radius 2 is 2.12 bits per heavy atom. The highest BCUT2D eigenvalue weighted by Crippen LogP contribution is 2.41. The molecule has 1 saturated heterocycles. The predicted molar refractivity (Wildman–Crippen MR) is 97.1 cm³/mol. The van der Waals surface area contributed by atoms with Gasteiger partial charge in [0.05, 0.1) is 11.6 Å². The first-order chi connectivity index (χ1) is 12.7. The van der Waals surface area contributed by atoms with Crippen molar-refractivity contribution in [2.45, 2.75) is 38.0 Å². The summed E-state index contributed by atoms with van der Waals surface area (Å²) in [5.41, 5.74) is 3.74. The number of carbonyl (C=O) groups excluding carboxylic acids is 2. The van der Waals surface area contributed by atoms with Gasteiger partial charge in [0, 0.05) is 55.7 Å². The van der Waals surface area contributed by atoms with Gasteiger partial charge in [-0.2, -0.15) is 5.10 Å². The van der Waals surface area contributed by atoms with E-state index < -0.39 is 0 Å². The van der Waals surface area contributed by atoms with Gasteiger partial charge in [0.25, 0.3) is 0 Å². The molecule has 0 spiro atoms. The highest BCUT2D eigenvalue weighted by Gasteiger charge is 2.39. The van der Waals surface area contributed by atoms with Crippen LogP contribution in [0.2, 0.25) is 0 Å². The molecule has 1 saturated carbocycles. The Morgan fingerprint density at radius 1 is 1.27 bits per heavy atom. The maximum absolute atomic E-state index is 13.0. The van der Waals surface area contributed by atoms with Gasteiger partial charge in [-0.3, -0.25) is 19.6 Å². The number of nitrogens with zero attached hydrogens (tertiary/aromatic N) is 4. The van der Waals surface area contributed by atoms with E-state index in [0.29, 0.717) is 30.7 Å². The summed E-state index contributed by atoms with van der Waals surface area (Å²) in [5.74, 6) is 0.461. The van der Waals surface area contributed by atoms with Crippen molar-refractivity contribution < 1.29 is 9.59 Å².